The molecule has 2 N–H and O–H groups in total. The van der Waals surface area contributed by atoms with Crippen molar-refractivity contribution in [2.24, 2.45) is 11.8 Å². The largest absolute Gasteiger partial charge is 0.383 e. The fourth-order valence-electron chi connectivity index (χ4n) is 5.19. The van der Waals surface area contributed by atoms with Crippen LogP contribution in [0.3, 0.4) is 0 Å². The summed E-state index contributed by atoms with van der Waals surface area (Å²) in [6.45, 7) is 2.75. The van der Waals surface area contributed by atoms with E-state index in [1.54, 1.807) is 0 Å². The number of hydrogen-bond acceptors (Lipinski definition) is 5. The molecular formula is C19H29N5O2. The van der Waals surface area contributed by atoms with Gasteiger partial charge in [-0.3, -0.25) is 14.4 Å². The number of carbonyl (C=O) groups is 1. The van der Waals surface area contributed by atoms with Gasteiger partial charge in [0.1, 0.15) is 11.3 Å². The van der Waals surface area contributed by atoms with Gasteiger partial charge >= 0.3 is 0 Å². The molecule has 4 heterocycles. The average molecular weight is 359 g/mol. The summed E-state index contributed by atoms with van der Waals surface area (Å²) in [6.07, 6.45) is 10.1. The van der Waals surface area contributed by atoms with Crippen molar-refractivity contribution in [3.05, 3.63) is 11.9 Å². The second-order valence-corrected chi connectivity index (χ2v) is 8.89. The minimum absolute atomic E-state index is 0.158. The topological polar surface area (TPSA) is 83.3 Å². The van der Waals surface area contributed by atoms with Gasteiger partial charge in [-0.15, -0.1) is 5.10 Å². The van der Waals surface area contributed by atoms with Crippen LogP contribution in [0, 0.1) is 11.8 Å². The molecule has 142 valence electrons. The van der Waals surface area contributed by atoms with Crippen molar-refractivity contribution in [1.29, 1.82) is 0 Å². The molecule has 4 atom stereocenters. The molecule has 0 radical (unpaired) electrons. The number of nitrogens with one attached hydrogen (secondary N) is 1. The number of amides is 1. The molecule has 0 aromatic carbocycles. The van der Waals surface area contributed by atoms with Crippen molar-refractivity contribution in [3.8, 4) is 0 Å². The van der Waals surface area contributed by atoms with Gasteiger partial charge in [-0.1, -0.05) is 18.1 Å². The summed E-state index contributed by atoms with van der Waals surface area (Å²) in [5.41, 5.74) is -0.0384. The van der Waals surface area contributed by atoms with Gasteiger partial charge in [0, 0.05) is 18.6 Å². The first-order valence-corrected chi connectivity index (χ1v) is 10.3. The number of piperidine rings is 3. The van der Waals surface area contributed by atoms with Gasteiger partial charge in [-0.2, -0.15) is 0 Å². The summed E-state index contributed by atoms with van der Waals surface area (Å²) in [5.74, 6) is 0.920. The van der Waals surface area contributed by atoms with Gasteiger partial charge in [0.2, 0.25) is 5.91 Å². The van der Waals surface area contributed by atoms with Gasteiger partial charge in [-0.25, -0.2) is 0 Å². The van der Waals surface area contributed by atoms with Gasteiger partial charge in [0.05, 0.1) is 18.7 Å². The van der Waals surface area contributed by atoms with E-state index in [1.807, 2.05) is 10.9 Å². The van der Waals surface area contributed by atoms with Gasteiger partial charge in [-0.05, 0) is 51.0 Å². The number of aliphatic hydroxyl groups is 1. The Hall–Kier alpha value is -1.47. The van der Waals surface area contributed by atoms with Crippen LogP contribution in [0.4, 0.5) is 0 Å². The monoisotopic (exact) mass is 359 g/mol. The van der Waals surface area contributed by atoms with E-state index in [4.69, 9.17) is 0 Å². The normalized spacial score (nSPS) is 35.6. The lowest BCUT2D eigenvalue weighted by Crippen LogP contribution is -2.58. The first-order valence-electron chi connectivity index (χ1n) is 10.3. The van der Waals surface area contributed by atoms with Crippen LogP contribution in [0.5, 0.6) is 0 Å². The summed E-state index contributed by atoms with van der Waals surface area (Å²) in [7, 11) is 0. The zero-order valence-corrected chi connectivity index (χ0v) is 15.3. The van der Waals surface area contributed by atoms with Crippen molar-refractivity contribution in [2.75, 3.05) is 13.1 Å². The average Bonchev–Trinajstić information content (AvgIpc) is 3.14. The zero-order valence-electron chi connectivity index (χ0n) is 15.3. The van der Waals surface area contributed by atoms with Gasteiger partial charge in [0.15, 0.2) is 0 Å². The van der Waals surface area contributed by atoms with Crippen LogP contribution < -0.4 is 5.32 Å². The Kier molecular flexibility index (Phi) is 4.05. The Bertz CT molecular complexity index is 679. The highest BCUT2D eigenvalue weighted by Crippen LogP contribution is 2.39. The molecule has 1 amide bonds. The van der Waals surface area contributed by atoms with E-state index in [1.165, 1.54) is 0 Å². The van der Waals surface area contributed by atoms with Gasteiger partial charge < -0.3 is 10.4 Å². The number of rotatable bonds is 5. The minimum Gasteiger partial charge on any atom is -0.383 e. The number of hydrogen-bond donors (Lipinski definition) is 2. The Morgan fingerprint density at radius 1 is 1.31 bits per heavy atom. The Morgan fingerprint density at radius 2 is 2.12 bits per heavy atom. The van der Waals surface area contributed by atoms with E-state index in [0.717, 1.165) is 76.7 Å². The quantitative estimate of drug-likeness (QED) is 0.820. The van der Waals surface area contributed by atoms with Crippen LogP contribution in [0.1, 0.15) is 57.1 Å². The zero-order chi connectivity index (χ0) is 17.7. The summed E-state index contributed by atoms with van der Waals surface area (Å²) < 4.78 is 1.90. The molecule has 1 unspecified atom stereocenters. The maximum absolute atomic E-state index is 12.5. The van der Waals surface area contributed by atoms with E-state index in [9.17, 15) is 9.90 Å². The van der Waals surface area contributed by atoms with E-state index in [0.29, 0.717) is 18.0 Å². The standard InChI is InChI=1S/C19H29N5O2/c25-18(20-14-3-4-14)16-11-23-8-5-13(16)9-15(23)10-24-12-17(21-22-24)19(26)6-1-2-7-19/h12-16,26H,1-11H2,(H,20,25)/t13-,15-,16+/m1/s1. The molecule has 2 aliphatic carbocycles. The summed E-state index contributed by atoms with van der Waals surface area (Å²) in [5, 5.41) is 22.4. The van der Waals surface area contributed by atoms with Crippen LogP contribution in [0.25, 0.3) is 0 Å². The molecule has 2 saturated carbocycles. The second-order valence-electron chi connectivity index (χ2n) is 8.89. The van der Waals surface area contributed by atoms with E-state index in [2.05, 4.69) is 20.5 Å². The van der Waals surface area contributed by atoms with Crippen molar-refractivity contribution in [2.45, 2.75) is 75.6 Å². The molecule has 3 aliphatic heterocycles. The third-order valence-electron chi connectivity index (χ3n) is 6.98. The van der Waals surface area contributed by atoms with E-state index in [-0.39, 0.29) is 11.8 Å². The molecule has 7 nitrogen and oxygen atoms in total. The highest BCUT2D eigenvalue weighted by atomic mass is 16.3. The first kappa shape index (κ1) is 16.7. The number of fused-ring (bicyclic) bond motifs is 3. The second kappa shape index (κ2) is 6.30. The molecule has 1 aromatic heterocycles. The SMILES string of the molecule is O=C(NC1CC1)[C@H]1CN2CC[C@@H]1C[C@@H]2Cn1cc(C2(O)CCCC2)nn1. The highest BCUT2D eigenvalue weighted by Gasteiger charge is 2.44. The number of aromatic nitrogens is 3. The molecular weight excluding hydrogens is 330 g/mol. The summed E-state index contributed by atoms with van der Waals surface area (Å²) in [6, 6.07) is 0.871. The summed E-state index contributed by atoms with van der Waals surface area (Å²) >= 11 is 0. The van der Waals surface area contributed by atoms with Crippen LogP contribution in [-0.2, 0) is 16.9 Å². The maximum atomic E-state index is 12.5. The molecule has 0 spiro atoms. The molecule has 6 rings (SSSR count). The smallest absolute Gasteiger partial charge is 0.224 e. The molecule has 5 fully saturated rings. The van der Waals surface area contributed by atoms with Crippen molar-refractivity contribution in [3.63, 3.8) is 0 Å². The van der Waals surface area contributed by atoms with Crippen molar-refractivity contribution >= 4 is 5.91 Å². The lowest BCUT2D eigenvalue weighted by molar-refractivity contribution is -0.133. The maximum Gasteiger partial charge on any atom is 0.224 e. The van der Waals surface area contributed by atoms with Crippen LogP contribution in [-0.4, -0.2) is 56.1 Å². The highest BCUT2D eigenvalue weighted by molar-refractivity contribution is 5.80. The first-order chi connectivity index (χ1) is 12.6. The fraction of sp³-hybridized carbons (Fsp3) is 0.842. The lowest BCUT2D eigenvalue weighted by Gasteiger charge is -2.49. The molecule has 7 heteroatoms. The molecule has 1 aromatic rings. The predicted octanol–water partition coefficient (Wildman–Crippen LogP) is 1.03. The predicted molar refractivity (Wildman–Crippen MR) is 95.1 cm³/mol. The fourth-order valence-corrected chi connectivity index (χ4v) is 5.19. The van der Waals surface area contributed by atoms with E-state index >= 15 is 0 Å². The third kappa shape index (κ3) is 3.05. The molecule has 5 aliphatic rings. The van der Waals surface area contributed by atoms with Crippen LogP contribution in [0.15, 0.2) is 6.20 Å². The molecule has 2 bridgehead atoms. The van der Waals surface area contributed by atoms with Crippen molar-refractivity contribution in [1.82, 2.24) is 25.2 Å². The van der Waals surface area contributed by atoms with Crippen molar-refractivity contribution < 1.29 is 9.90 Å². The number of carbonyl (C=O) groups excluding carboxylic acids is 1. The lowest BCUT2D eigenvalue weighted by atomic mass is 9.75. The molecule has 3 saturated heterocycles. The Labute approximate surface area is 154 Å². The Balaban J connectivity index is 1.22. The van der Waals surface area contributed by atoms with Crippen LogP contribution in [0.2, 0.25) is 0 Å². The third-order valence-corrected chi connectivity index (χ3v) is 6.98. The Morgan fingerprint density at radius 3 is 2.81 bits per heavy atom. The number of nitrogens with zero attached hydrogens (tertiary/aromatic N) is 4. The van der Waals surface area contributed by atoms with Crippen LogP contribution >= 0.6 is 0 Å². The molecule has 26 heavy (non-hydrogen) atoms. The summed E-state index contributed by atoms with van der Waals surface area (Å²) in [4.78, 5) is 15.0. The minimum atomic E-state index is -0.768. The van der Waals surface area contributed by atoms with Gasteiger partial charge in [0.25, 0.3) is 0 Å². The van der Waals surface area contributed by atoms with E-state index < -0.39 is 5.60 Å².